The second kappa shape index (κ2) is 9.89. The minimum atomic E-state index is -4.78. The Kier molecular flexibility index (Phi) is 7.50. The van der Waals surface area contributed by atoms with Crippen molar-refractivity contribution >= 4 is 83.0 Å². The van der Waals surface area contributed by atoms with Crippen LogP contribution in [0.5, 0.6) is 0 Å². The Morgan fingerprint density at radius 3 is 1.97 bits per heavy atom. The summed E-state index contributed by atoms with van der Waals surface area (Å²) < 4.78 is 65.5. The molecule has 0 spiro atoms. The molecule has 15 heteroatoms. The fourth-order valence-corrected chi connectivity index (χ4v) is 4.76. The number of Topliss-reactive ketones (excluding diaryl/α,β-unsaturated/α-hetero) is 1. The van der Waals surface area contributed by atoms with E-state index in [0.717, 1.165) is 25.1 Å². The number of nitrogens with zero attached hydrogens (tertiary/aromatic N) is 1. The third-order valence-electron chi connectivity index (χ3n) is 4.55. The topological polar surface area (TPSA) is 179 Å². The van der Waals surface area contributed by atoms with Gasteiger partial charge in [0.15, 0.2) is 11.5 Å². The van der Waals surface area contributed by atoms with Crippen molar-refractivity contribution in [1.29, 1.82) is 0 Å². The molecule has 3 aromatic carbocycles. The Bertz CT molecular complexity index is 1620. The first-order chi connectivity index (χ1) is 16.2. The summed E-state index contributed by atoms with van der Waals surface area (Å²) in [5.41, 5.74) is 1.25. The molecule has 1 amide bonds. The minimum Gasteiger partial charge on any atom is -0.320 e. The summed E-state index contributed by atoms with van der Waals surface area (Å²) in [5.74, 6) is -1.84. The summed E-state index contributed by atoms with van der Waals surface area (Å²) in [5, 5.41) is 6.16. The highest BCUT2D eigenvalue weighted by atomic mass is 35.5. The maximum Gasteiger partial charge on any atom is 0.296 e. The van der Waals surface area contributed by atoms with Crippen LogP contribution in [0.1, 0.15) is 6.92 Å². The first kappa shape index (κ1) is 26.5. The van der Waals surface area contributed by atoms with Gasteiger partial charge in [-0.15, -0.1) is 0 Å². The predicted molar refractivity (Wildman–Crippen MR) is 130 cm³/mol. The normalized spacial score (nSPS) is 12.4. The smallest absolute Gasteiger partial charge is 0.296 e. The fraction of sp³-hybridized carbons (Fsp3) is 0.0500. The van der Waals surface area contributed by atoms with Gasteiger partial charge in [-0.3, -0.25) is 24.1 Å². The number of amides is 1. The van der Waals surface area contributed by atoms with Crippen molar-refractivity contribution in [1.82, 2.24) is 0 Å². The molecule has 0 unspecified atom stereocenters. The summed E-state index contributed by atoms with van der Waals surface area (Å²) in [6.45, 7) is 1.03. The molecule has 0 radical (unpaired) electrons. The Morgan fingerprint density at radius 1 is 0.829 bits per heavy atom. The molecule has 0 heterocycles. The quantitative estimate of drug-likeness (QED) is 0.145. The number of carbonyl (C=O) groups excluding carboxylic acids is 2. The van der Waals surface area contributed by atoms with Crippen LogP contribution in [0.4, 0.5) is 11.4 Å². The van der Waals surface area contributed by atoms with Crippen molar-refractivity contribution in [3.63, 3.8) is 0 Å². The van der Waals surface area contributed by atoms with Gasteiger partial charge in [-0.1, -0.05) is 47.5 Å². The molecule has 0 atom stereocenters. The van der Waals surface area contributed by atoms with E-state index in [-0.39, 0.29) is 37.1 Å². The zero-order valence-electron chi connectivity index (χ0n) is 17.5. The number of rotatable bonds is 7. The maximum atomic E-state index is 12.8. The number of anilines is 2. The van der Waals surface area contributed by atoms with Crippen LogP contribution in [-0.2, 0) is 29.8 Å². The number of hydrazone groups is 1. The number of hydrogen-bond acceptors (Lipinski definition) is 8. The van der Waals surface area contributed by atoms with Gasteiger partial charge in [0.25, 0.3) is 26.1 Å². The Labute approximate surface area is 209 Å². The number of carbonyl (C=O) groups is 2. The van der Waals surface area contributed by atoms with E-state index in [1.165, 1.54) is 24.3 Å². The molecular formula is C20H15Cl2N3O8S2. The van der Waals surface area contributed by atoms with Crippen LogP contribution in [0.2, 0.25) is 10.0 Å². The van der Waals surface area contributed by atoms with Crippen molar-refractivity contribution < 1.29 is 35.5 Å². The van der Waals surface area contributed by atoms with Crippen LogP contribution >= 0.6 is 23.2 Å². The summed E-state index contributed by atoms with van der Waals surface area (Å²) in [7, 11) is -9.34. The second-order valence-corrected chi connectivity index (χ2v) is 10.5. The van der Waals surface area contributed by atoms with E-state index in [1.54, 1.807) is 6.07 Å². The van der Waals surface area contributed by atoms with Crippen LogP contribution in [0.3, 0.4) is 0 Å². The maximum absolute atomic E-state index is 12.8. The van der Waals surface area contributed by atoms with Gasteiger partial charge < -0.3 is 5.32 Å². The number of fused-ring (bicyclic) bond motifs is 1. The lowest BCUT2D eigenvalue weighted by Crippen LogP contribution is -2.29. The average molecular weight is 560 g/mol. The van der Waals surface area contributed by atoms with E-state index in [1.807, 2.05) is 0 Å². The lowest BCUT2D eigenvalue weighted by molar-refractivity contribution is -0.114. The second-order valence-electron chi connectivity index (χ2n) is 6.95. The molecule has 0 fully saturated rings. The van der Waals surface area contributed by atoms with Crippen molar-refractivity contribution in [3.8, 4) is 0 Å². The lowest BCUT2D eigenvalue weighted by Gasteiger charge is -2.12. The van der Waals surface area contributed by atoms with Gasteiger partial charge in [-0.25, -0.2) is 0 Å². The molecule has 0 saturated carbocycles. The number of halogens is 2. The summed E-state index contributed by atoms with van der Waals surface area (Å²) in [4.78, 5) is 23.8. The lowest BCUT2D eigenvalue weighted by atomic mass is 10.1. The summed E-state index contributed by atoms with van der Waals surface area (Å²) >= 11 is 11.7. The Hall–Kier alpha value is -3.07. The first-order valence-corrected chi connectivity index (χ1v) is 13.0. The molecule has 0 aliphatic rings. The molecule has 3 rings (SSSR count). The highest BCUT2D eigenvalue weighted by Crippen LogP contribution is 2.32. The molecule has 35 heavy (non-hydrogen) atoms. The van der Waals surface area contributed by atoms with Crippen molar-refractivity contribution in [2.24, 2.45) is 5.10 Å². The summed E-state index contributed by atoms with van der Waals surface area (Å²) in [6.07, 6.45) is 0. The predicted octanol–water partition coefficient (Wildman–Crippen LogP) is 3.64. The zero-order chi connectivity index (χ0) is 26.1. The van der Waals surface area contributed by atoms with Gasteiger partial charge in [0.1, 0.15) is 9.79 Å². The van der Waals surface area contributed by atoms with Gasteiger partial charge in [0.2, 0.25) is 0 Å². The molecule has 0 saturated heterocycles. The Balaban J connectivity index is 2.01. The third kappa shape index (κ3) is 5.96. The average Bonchev–Trinajstić information content (AvgIpc) is 2.74. The zero-order valence-corrected chi connectivity index (χ0v) is 20.6. The number of nitrogens with one attached hydrogen (secondary N) is 2. The fourth-order valence-electron chi connectivity index (χ4n) is 3.02. The number of hydrogen-bond donors (Lipinski definition) is 4. The van der Waals surface area contributed by atoms with Gasteiger partial charge in [0, 0.05) is 23.4 Å². The Morgan fingerprint density at radius 2 is 1.40 bits per heavy atom. The van der Waals surface area contributed by atoms with Crippen molar-refractivity contribution in [3.05, 3.63) is 58.6 Å². The first-order valence-electron chi connectivity index (χ1n) is 9.32. The van der Waals surface area contributed by atoms with Crippen LogP contribution in [0, 0.1) is 0 Å². The van der Waals surface area contributed by atoms with Crippen molar-refractivity contribution in [2.45, 2.75) is 16.7 Å². The summed E-state index contributed by atoms with van der Waals surface area (Å²) in [6, 6.07) is 10.1. The van der Waals surface area contributed by atoms with Crippen LogP contribution in [-0.4, -0.2) is 43.3 Å². The van der Waals surface area contributed by atoms with Gasteiger partial charge in [0.05, 0.1) is 15.7 Å². The number of ketones is 1. The van der Waals surface area contributed by atoms with E-state index in [9.17, 15) is 35.5 Å². The van der Waals surface area contributed by atoms with E-state index >= 15 is 0 Å². The minimum absolute atomic E-state index is 0.0973. The molecular weight excluding hydrogens is 545 g/mol. The molecule has 3 aromatic rings. The van der Waals surface area contributed by atoms with Gasteiger partial charge in [-0.2, -0.15) is 21.9 Å². The SMILES string of the molecule is CC(=O)C(=NNc1cc(Cl)c(Cl)cc1S(=O)(=O)O)C(=O)Nc1ccc(S(=O)(=O)O)c2ccccc12. The molecule has 184 valence electrons. The molecule has 11 nitrogen and oxygen atoms in total. The van der Waals surface area contributed by atoms with Gasteiger partial charge in [-0.05, 0) is 24.3 Å². The standard InChI is InChI=1S/C20H15Cl2N3O8S2/c1-10(26)19(25-24-16-8-13(21)14(22)9-18(16)35(31,32)33)20(27)23-15-6-7-17(34(28,29)30)12-5-3-2-4-11(12)15/h2-9,24H,1H3,(H,23,27)(H,28,29,30)(H,31,32,33). The number of benzene rings is 3. The molecule has 0 bridgehead atoms. The highest BCUT2D eigenvalue weighted by molar-refractivity contribution is 7.86. The van der Waals surface area contributed by atoms with E-state index in [4.69, 9.17) is 23.2 Å². The van der Waals surface area contributed by atoms with Gasteiger partial charge >= 0.3 is 0 Å². The highest BCUT2D eigenvalue weighted by Gasteiger charge is 2.22. The van der Waals surface area contributed by atoms with Crippen molar-refractivity contribution in [2.75, 3.05) is 10.7 Å². The van der Waals surface area contributed by atoms with Crippen LogP contribution in [0.25, 0.3) is 10.8 Å². The largest absolute Gasteiger partial charge is 0.320 e. The van der Waals surface area contributed by atoms with E-state index < -0.39 is 42.5 Å². The van der Waals surface area contributed by atoms with E-state index in [0.29, 0.717) is 0 Å². The molecule has 0 aliphatic heterocycles. The molecule has 0 aliphatic carbocycles. The molecule has 4 N–H and O–H groups in total. The molecule has 0 aromatic heterocycles. The van der Waals surface area contributed by atoms with Crippen LogP contribution in [0.15, 0.2) is 63.4 Å². The van der Waals surface area contributed by atoms with Crippen LogP contribution < -0.4 is 10.7 Å². The van der Waals surface area contributed by atoms with E-state index in [2.05, 4.69) is 15.8 Å². The third-order valence-corrected chi connectivity index (χ3v) is 7.07. The monoisotopic (exact) mass is 559 g/mol.